The van der Waals surface area contributed by atoms with E-state index in [9.17, 15) is 18.0 Å². The first-order valence-electron chi connectivity index (χ1n) is 9.28. The number of aromatic nitrogens is 1. The third kappa shape index (κ3) is 4.99. The third-order valence-corrected chi connectivity index (χ3v) is 5.51. The molecule has 0 atom stereocenters. The van der Waals surface area contributed by atoms with Gasteiger partial charge in [-0.25, -0.2) is 4.98 Å². The predicted octanol–water partition coefficient (Wildman–Crippen LogP) is 5.89. The molecule has 0 bridgehead atoms. The molecule has 8 heteroatoms. The molecule has 0 N–H and O–H groups in total. The van der Waals surface area contributed by atoms with Crippen LogP contribution in [0.25, 0.3) is 10.6 Å². The first kappa shape index (κ1) is 21.8. The Morgan fingerprint density at radius 3 is 2.60 bits per heavy atom. The molecule has 3 rings (SSSR count). The number of halogens is 3. The number of ether oxygens (including phenoxy) is 1. The van der Waals surface area contributed by atoms with E-state index in [4.69, 9.17) is 4.74 Å². The number of alkyl halides is 3. The van der Waals surface area contributed by atoms with Gasteiger partial charge >= 0.3 is 6.18 Å². The second-order valence-electron chi connectivity index (χ2n) is 7.02. The van der Waals surface area contributed by atoms with Crippen LogP contribution in [0.5, 0.6) is 5.75 Å². The highest BCUT2D eigenvalue weighted by molar-refractivity contribution is 7.13. The summed E-state index contributed by atoms with van der Waals surface area (Å²) in [5.41, 5.74) is 0.442. The van der Waals surface area contributed by atoms with Crippen molar-refractivity contribution in [2.45, 2.75) is 32.7 Å². The van der Waals surface area contributed by atoms with Gasteiger partial charge in [0.2, 0.25) is 0 Å². The number of nitrogens with zero attached hydrogens (tertiary/aromatic N) is 2. The van der Waals surface area contributed by atoms with Crippen LogP contribution in [0.2, 0.25) is 0 Å². The SMILES string of the molecule is CC(C)N(C)C(=O)c1csc(-c2cccc(OCc3ccccc3C(F)(F)F)c2)n1. The Balaban J connectivity index is 1.76. The molecule has 3 aromatic rings. The van der Waals surface area contributed by atoms with Crippen molar-refractivity contribution in [1.29, 1.82) is 0 Å². The van der Waals surface area contributed by atoms with Gasteiger partial charge in [0, 0.05) is 29.6 Å². The Morgan fingerprint density at radius 2 is 1.90 bits per heavy atom. The van der Waals surface area contributed by atoms with Gasteiger partial charge in [-0.1, -0.05) is 30.3 Å². The van der Waals surface area contributed by atoms with Crippen molar-refractivity contribution in [2.75, 3.05) is 7.05 Å². The van der Waals surface area contributed by atoms with Crippen LogP contribution in [0.15, 0.2) is 53.9 Å². The molecule has 4 nitrogen and oxygen atoms in total. The topological polar surface area (TPSA) is 42.4 Å². The van der Waals surface area contributed by atoms with E-state index in [0.29, 0.717) is 16.5 Å². The monoisotopic (exact) mass is 434 g/mol. The maximum atomic E-state index is 13.1. The molecule has 0 saturated carbocycles. The zero-order chi connectivity index (χ0) is 21.9. The number of carbonyl (C=O) groups excluding carboxylic acids is 1. The third-order valence-electron chi connectivity index (χ3n) is 4.62. The summed E-state index contributed by atoms with van der Waals surface area (Å²) in [7, 11) is 1.72. The molecular weight excluding hydrogens is 413 g/mol. The molecule has 1 aromatic heterocycles. The van der Waals surface area contributed by atoms with Gasteiger partial charge in [-0.15, -0.1) is 11.3 Å². The number of amides is 1. The Kier molecular flexibility index (Phi) is 6.45. The van der Waals surface area contributed by atoms with Crippen LogP contribution < -0.4 is 4.74 Å². The molecule has 1 heterocycles. The van der Waals surface area contributed by atoms with Gasteiger partial charge in [-0.3, -0.25) is 4.79 Å². The Bertz CT molecular complexity index is 1030. The lowest BCUT2D eigenvalue weighted by molar-refractivity contribution is -0.138. The molecule has 0 spiro atoms. The van der Waals surface area contributed by atoms with Crippen molar-refractivity contribution in [3.05, 3.63) is 70.7 Å². The zero-order valence-electron chi connectivity index (χ0n) is 16.7. The van der Waals surface area contributed by atoms with E-state index in [2.05, 4.69) is 4.98 Å². The van der Waals surface area contributed by atoms with Crippen LogP contribution in [-0.2, 0) is 12.8 Å². The van der Waals surface area contributed by atoms with E-state index >= 15 is 0 Å². The second-order valence-corrected chi connectivity index (χ2v) is 7.88. The summed E-state index contributed by atoms with van der Waals surface area (Å²) in [6, 6.07) is 12.3. The van der Waals surface area contributed by atoms with Crippen molar-refractivity contribution < 1.29 is 22.7 Å². The first-order valence-corrected chi connectivity index (χ1v) is 10.2. The standard InChI is InChI=1S/C22H21F3N2O2S/c1-14(2)27(3)21(28)19-13-30-20(26-19)15-8-6-9-17(11-15)29-12-16-7-4-5-10-18(16)22(23,24)25/h4-11,13-14H,12H2,1-3H3. The lowest BCUT2D eigenvalue weighted by Crippen LogP contribution is -2.33. The minimum Gasteiger partial charge on any atom is -0.489 e. The van der Waals surface area contributed by atoms with Gasteiger partial charge in [-0.05, 0) is 32.0 Å². The van der Waals surface area contributed by atoms with E-state index in [-0.39, 0.29) is 24.1 Å². The summed E-state index contributed by atoms with van der Waals surface area (Å²) in [5.74, 6) is 0.260. The van der Waals surface area contributed by atoms with Crippen molar-refractivity contribution in [3.63, 3.8) is 0 Å². The summed E-state index contributed by atoms with van der Waals surface area (Å²) in [5, 5.41) is 2.33. The lowest BCUT2D eigenvalue weighted by Gasteiger charge is -2.20. The summed E-state index contributed by atoms with van der Waals surface area (Å²) < 4.78 is 45.0. The largest absolute Gasteiger partial charge is 0.489 e. The first-order chi connectivity index (χ1) is 14.2. The molecule has 0 radical (unpaired) electrons. The highest BCUT2D eigenvalue weighted by atomic mass is 32.1. The minimum absolute atomic E-state index is 0.0546. The highest BCUT2D eigenvalue weighted by Crippen LogP contribution is 2.33. The van der Waals surface area contributed by atoms with Crippen molar-refractivity contribution in [3.8, 4) is 16.3 Å². The Labute approximate surface area is 176 Å². The van der Waals surface area contributed by atoms with Crippen LogP contribution in [0.1, 0.15) is 35.5 Å². The maximum Gasteiger partial charge on any atom is 0.416 e. The number of hydrogen-bond acceptors (Lipinski definition) is 4. The number of benzene rings is 2. The minimum atomic E-state index is -4.44. The normalized spacial score (nSPS) is 11.6. The summed E-state index contributed by atoms with van der Waals surface area (Å²) in [4.78, 5) is 18.4. The van der Waals surface area contributed by atoms with Crippen LogP contribution in [0.3, 0.4) is 0 Å². The van der Waals surface area contributed by atoms with Crippen LogP contribution >= 0.6 is 11.3 Å². The quantitative estimate of drug-likeness (QED) is 0.486. The molecular formula is C22H21F3N2O2S. The molecule has 30 heavy (non-hydrogen) atoms. The van der Waals surface area contributed by atoms with Crippen LogP contribution in [0, 0.1) is 0 Å². The van der Waals surface area contributed by atoms with Gasteiger partial charge in [0.1, 0.15) is 23.1 Å². The Hall–Kier alpha value is -2.87. The van der Waals surface area contributed by atoms with Gasteiger partial charge in [0.15, 0.2) is 0 Å². The molecule has 0 aliphatic carbocycles. The van der Waals surface area contributed by atoms with Crippen LogP contribution in [0.4, 0.5) is 13.2 Å². The van der Waals surface area contributed by atoms with E-state index < -0.39 is 11.7 Å². The van der Waals surface area contributed by atoms with Crippen molar-refractivity contribution in [2.24, 2.45) is 0 Å². The molecule has 158 valence electrons. The molecule has 0 saturated heterocycles. The van der Waals surface area contributed by atoms with E-state index in [1.807, 2.05) is 19.9 Å². The Morgan fingerprint density at radius 1 is 1.17 bits per heavy atom. The van der Waals surface area contributed by atoms with E-state index in [1.54, 1.807) is 41.6 Å². The fourth-order valence-corrected chi connectivity index (χ4v) is 3.51. The van der Waals surface area contributed by atoms with Gasteiger partial charge in [0.25, 0.3) is 5.91 Å². The molecule has 2 aromatic carbocycles. The van der Waals surface area contributed by atoms with E-state index in [1.165, 1.54) is 23.5 Å². The highest BCUT2D eigenvalue weighted by Gasteiger charge is 2.33. The molecule has 1 amide bonds. The molecule has 0 aliphatic rings. The maximum absolute atomic E-state index is 13.1. The lowest BCUT2D eigenvalue weighted by atomic mass is 10.1. The zero-order valence-corrected chi connectivity index (χ0v) is 17.6. The summed E-state index contributed by atoms with van der Waals surface area (Å²) in [6.07, 6.45) is -4.44. The molecule has 0 fully saturated rings. The smallest absolute Gasteiger partial charge is 0.416 e. The number of carbonyl (C=O) groups is 1. The van der Waals surface area contributed by atoms with Gasteiger partial charge in [-0.2, -0.15) is 13.2 Å². The van der Waals surface area contributed by atoms with Gasteiger partial charge < -0.3 is 9.64 Å². The molecule has 0 unspecified atom stereocenters. The van der Waals surface area contributed by atoms with Gasteiger partial charge in [0.05, 0.1) is 5.56 Å². The number of hydrogen-bond donors (Lipinski definition) is 0. The summed E-state index contributed by atoms with van der Waals surface area (Å²) >= 11 is 1.33. The molecule has 0 aliphatic heterocycles. The fourth-order valence-electron chi connectivity index (χ4n) is 2.72. The average molecular weight is 434 g/mol. The predicted molar refractivity (Wildman–Crippen MR) is 111 cm³/mol. The fraction of sp³-hybridized carbons (Fsp3) is 0.273. The number of thiazole rings is 1. The summed E-state index contributed by atoms with van der Waals surface area (Å²) in [6.45, 7) is 3.63. The van der Waals surface area contributed by atoms with E-state index in [0.717, 1.165) is 11.6 Å². The van der Waals surface area contributed by atoms with Crippen LogP contribution in [-0.4, -0.2) is 28.9 Å². The number of rotatable bonds is 6. The second kappa shape index (κ2) is 8.87. The van der Waals surface area contributed by atoms with Crippen molar-refractivity contribution in [1.82, 2.24) is 9.88 Å². The average Bonchev–Trinajstić information content (AvgIpc) is 3.21. The van der Waals surface area contributed by atoms with Crippen molar-refractivity contribution >= 4 is 17.2 Å².